The molecule has 0 aliphatic carbocycles. The van der Waals surface area contributed by atoms with Crippen LogP contribution in [-0.2, 0) is 6.54 Å². The molecule has 0 aliphatic rings. The number of nitrogen functional groups attached to an aromatic ring is 1. The molecule has 0 unspecified atom stereocenters. The molecule has 5 rings (SSSR count). The van der Waals surface area contributed by atoms with Crippen LogP contribution in [0.4, 0.5) is 11.6 Å². The maximum atomic E-state index is 13.8. The van der Waals surface area contributed by atoms with E-state index < -0.39 is 0 Å². The van der Waals surface area contributed by atoms with Crippen molar-refractivity contribution in [3.63, 3.8) is 0 Å². The highest BCUT2D eigenvalue weighted by Crippen LogP contribution is 2.25. The first-order chi connectivity index (χ1) is 18.4. The van der Waals surface area contributed by atoms with Gasteiger partial charge in [-0.2, -0.15) is 0 Å². The fraction of sp³-hybridized carbons (Fsp3) is 0.100. The number of fused-ring (bicyclic) bond motifs is 1. The topological polar surface area (TPSA) is 127 Å². The van der Waals surface area contributed by atoms with Crippen LogP contribution in [0.5, 0.6) is 0 Å². The van der Waals surface area contributed by atoms with Crippen LogP contribution >= 0.6 is 0 Å². The number of pyridine rings is 1. The standard InChI is InChI=1S/C30H26N6O2/c1-18-7-3-4-12-24(18)36-23(14-21-10-5-8-19(2)25(21)30(36)38)15-33-29-26(28(32)34-17-35-29)27(31)22-11-6-9-20(13-22)16-37/h3-14,16-17,31H,15H2,1-2H3,(H3,32,33,34,35). The summed E-state index contributed by atoms with van der Waals surface area (Å²) in [6.45, 7) is 4.14. The summed E-state index contributed by atoms with van der Waals surface area (Å²) >= 11 is 0. The average Bonchev–Trinajstić information content (AvgIpc) is 2.92. The molecule has 4 N–H and O–H groups in total. The van der Waals surface area contributed by atoms with Crippen molar-refractivity contribution >= 4 is 34.4 Å². The molecule has 8 heteroatoms. The van der Waals surface area contributed by atoms with E-state index in [0.717, 1.165) is 34.2 Å². The number of anilines is 2. The Kier molecular flexibility index (Phi) is 6.53. The molecule has 3 aromatic carbocycles. The summed E-state index contributed by atoms with van der Waals surface area (Å²) in [6, 6.07) is 22.3. The van der Waals surface area contributed by atoms with Crippen LogP contribution in [0.15, 0.2) is 83.9 Å². The highest BCUT2D eigenvalue weighted by Gasteiger charge is 2.19. The van der Waals surface area contributed by atoms with Crippen molar-refractivity contribution in [1.82, 2.24) is 14.5 Å². The van der Waals surface area contributed by atoms with E-state index in [4.69, 9.17) is 11.1 Å². The zero-order chi connectivity index (χ0) is 26.8. The first kappa shape index (κ1) is 24.6. The predicted octanol–water partition coefficient (Wildman–Crippen LogP) is 4.82. The van der Waals surface area contributed by atoms with Crippen LogP contribution in [0.2, 0.25) is 0 Å². The Hall–Kier alpha value is -5.11. The van der Waals surface area contributed by atoms with Gasteiger partial charge in [-0.1, -0.05) is 54.6 Å². The second-order valence-corrected chi connectivity index (χ2v) is 9.06. The van der Waals surface area contributed by atoms with E-state index in [0.29, 0.717) is 27.9 Å². The SMILES string of the molecule is Cc1ccccc1-n1c(CNc2ncnc(N)c2C(=N)c2cccc(C=O)c2)cc2cccc(C)c2c1=O. The number of hydrogen-bond acceptors (Lipinski definition) is 7. The van der Waals surface area contributed by atoms with Crippen LogP contribution in [0.1, 0.15) is 38.3 Å². The smallest absolute Gasteiger partial charge is 0.263 e. The lowest BCUT2D eigenvalue weighted by molar-refractivity contribution is 0.112. The fourth-order valence-corrected chi connectivity index (χ4v) is 4.66. The Labute approximate surface area is 219 Å². The van der Waals surface area contributed by atoms with Crippen molar-refractivity contribution in [3.05, 3.63) is 123 Å². The molecule has 0 fully saturated rings. The van der Waals surface area contributed by atoms with Gasteiger partial charge in [0.15, 0.2) is 0 Å². The number of benzene rings is 3. The molecular weight excluding hydrogens is 476 g/mol. The van der Waals surface area contributed by atoms with Crippen LogP contribution in [0.25, 0.3) is 16.5 Å². The third-order valence-electron chi connectivity index (χ3n) is 6.56. The summed E-state index contributed by atoms with van der Waals surface area (Å²) in [4.78, 5) is 33.6. The first-order valence-corrected chi connectivity index (χ1v) is 12.1. The number of hydrogen-bond donors (Lipinski definition) is 3. The number of nitrogens with two attached hydrogens (primary N) is 1. The first-order valence-electron chi connectivity index (χ1n) is 12.1. The van der Waals surface area contributed by atoms with E-state index in [1.54, 1.807) is 28.8 Å². The number of para-hydroxylation sites is 1. The lowest BCUT2D eigenvalue weighted by Gasteiger charge is -2.19. The summed E-state index contributed by atoms with van der Waals surface area (Å²) in [5.74, 6) is 0.488. The summed E-state index contributed by atoms with van der Waals surface area (Å²) in [5.41, 5.74) is 10.8. The Morgan fingerprint density at radius 3 is 2.55 bits per heavy atom. The fourth-order valence-electron chi connectivity index (χ4n) is 4.66. The van der Waals surface area contributed by atoms with E-state index in [1.165, 1.54) is 6.33 Å². The monoisotopic (exact) mass is 502 g/mol. The van der Waals surface area contributed by atoms with Gasteiger partial charge in [-0.15, -0.1) is 0 Å². The summed E-state index contributed by atoms with van der Waals surface area (Å²) in [7, 11) is 0. The Balaban J connectivity index is 1.61. The van der Waals surface area contributed by atoms with E-state index in [2.05, 4.69) is 15.3 Å². The van der Waals surface area contributed by atoms with Gasteiger partial charge in [0.05, 0.1) is 28.9 Å². The molecule has 0 saturated carbocycles. The van der Waals surface area contributed by atoms with Crippen molar-refractivity contribution in [3.8, 4) is 5.69 Å². The Bertz CT molecular complexity index is 1770. The van der Waals surface area contributed by atoms with E-state index in [9.17, 15) is 9.59 Å². The Morgan fingerprint density at radius 1 is 1.00 bits per heavy atom. The van der Waals surface area contributed by atoms with Crippen molar-refractivity contribution < 1.29 is 4.79 Å². The molecule has 38 heavy (non-hydrogen) atoms. The number of aryl methyl sites for hydroxylation is 2. The van der Waals surface area contributed by atoms with Gasteiger partial charge in [0, 0.05) is 16.8 Å². The number of rotatable bonds is 7. The van der Waals surface area contributed by atoms with E-state index in [-0.39, 0.29) is 23.6 Å². The largest absolute Gasteiger partial charge is 0.383 e. The second-order valence-electron chi connectivity index (χ2n) is 9.06. The van der Waals surface area contributed by atoms with Gasteiger partial charge in [-0.25, -0.2) is 9.97 Å². The van der Waals surface area contributed by atoms with Crippen molar-refractivity contribution in [2.24, 2.45) is 0 Å². The number of aldehydes is 1. The van der Waals surface area contributed by atoms with Crippen molar-refractivity contribution in [2.45, 2.75) is 20.4 Å². The van der Waals surface area contributed by atoms with Crippen LogP contribution in [0, 0.1) is 19.3 Å². The number of carbonyl (C=O) groups excluding carboxylic acids is 1. The van der Waals surface area contributed by atoms with Crippen molar-refractivity contribution in [2.75, 3.05) is 11.1 Å². The molecule has 2 aromatic heterocycles. The Morgan fingerprint density at radius 2 is 1.76 bits per heavy atom. The average molecular weight is 503 g/mol. The minimum atomic E-state index is -0.104. The zero-order valence-corrected chi connectivity index (χ0v) is 21.0. The molecule has 0 aliphatic heterocycles. The highest BCUT2D eigenvalue weighted by molar-refractivity contribution is 6.16. The lowest BCUT2D eigenvalue weighted by Crippen LogP contribution is -2.25. The summed E-state index contributed by atoms with van der Waals surface area (Å²) in [6.07, 6.45) is 2.06. The van der Waals surface area contributed by atoms with E-state index in [1.807, 2.05) is 62.4 Å². The van der Waals surface area contributed by atoms with Gasteiger partial charge in [-0.05, 0) is 48.6 Å². The molecule has 8 nitrogen and oxygen atoms in total. The second kappa shape index (κ2) is 10.1. The van der Waals surface area contributed by atoms with Gasteiger partial charge in [-0.3, -0.25) is 19.6 Å². The van der Waals surface area contributed by atoms with Gasteiger partial charge in [0.2, 0.25) is 0 Å². The molecule has 5 aromatic rings. The molecule has 2 heterocycles. The number of nitrogens with zero attached hydrogens (tertiary/aromatic N) is 3. The number of carbonyl (C=O) groups is 1. The van der Waals surface area contributed by atoms with Crippen LogP contribution in [-0.4, -0.2) is 26.5 Å². The number of nitrogens with one attached hydrogen (secondary N) is 2. The molecule has 0 radical (unpaired) electrons. The maximum absolute atomic E-state index is 13.8. The van der Waals surface area contributed by atoms with Gasteiger partial charge in [0.1, 0.15) is 24.2 Å². The molecule has 0 amide bonds. The molecule has 0 spiro atoms. The highest BCUT2D eigenvalue weighted by atomic mass is 16.1. The maximum Gasteiger partial charge on any atom is 0.263 e. The zero-order valence-electron chi connectivity index (χ0n) is 21.0. The summed E-state index contributed by atoms with van der Waals surface area (Å²) < 4.78 is 1.72. The van der Waals surface area contributed by atoms with Crippen LogP contribution < -0.4 is 16.6 Å². The third kappa shape index (κ3) is 4.43. The molecule has 0 bridgehead atoms. The minimum Gasteiger partial charge on any atom is -0.383 e. The quantitative estimate of drug-likeness (QED) is 0.216. The number of aromatic nitrogens is 3. The third-order valence-corrected chi connectivity index (χ3v) is 6.56. The lowest BCUT2D eigenvalue weighted by atomic mass is 10.0. The van der Waals surface area contributed by atoms with Gasteiger partial charge < -0.3 is 11.1 Å². The van der Waals surface area contributed by atoms with E-state index >= 15 is 0 Å². The minimum absolute atomic E-state index is 0.0831. The normalized spacial score (nSPS) is 10.9. The summed E-state index contributed by atoms with van der Waals surface area (Å²) in [5, 5.41) is 13.6. The van der Waals surface area contributed by atoms with Gasteiger partial charge in [0.25, 0.3) is 5.56 Å². The van der Waals surface area contributed by atoms with Gasteiger partial charge >= 0.3 is 0 Å². The molecule has 0 atom stereocenters. The molecular formula is C30H26N6O2. The van der Waals surface area contributed by atoms with Crippen LogP contribution in [0.3, 0.4) is 0 Å². The predicted molar refractivity (Wildman–Crippen MR) is 151 cm³/mol. The van der Waals surface area contributed by atoms with Crippen molar-refractivity contribution in [1.29, 1.82) is 5.41 Å². The molecule has 188 valence electrons. The molecule has 0 saturated heterocycles.